The zero-order valence-electron chi connectivity index (χ0n) is 8.61. The summed E-state index contributed by atoms with van der Waals surface area (Å²) in [6.07, 6.45) is 0. The molecule has 8 heteroatoms. The van der Waals surface area contributed by atoms with Gasteiger partial charge in [-0.15, -0.1) is 0 Å². The Morgan fingerprint density at radius 2 is 2.06 bits per heavy atom. The molecule has 90 valence electrons. The summed E-state index contributed by atoms with van der Waals surface area (Å²) in [6.45, 7) is 1.92. The zero-order valence-corrected chi connectivity index (χ0v) is 11.8. The van der Waals surface area contributed by atoms with E-state index in [1.807, 2.05) is 19.1 Å². The van der Waals surface area contributed by atoms with Gasteiger partial charge in [0, 0.05) is 20.7 Å². The molecule has 0 bridgehead atoms. The van der Waals surface area contributed by atoms with Crippen molar-refractivity contribution in [3.63, 3.8) is 0 Å². The van der Waals surface area contributed by atoms with Crippen molar-refractivity contribution in [2.24, 2.45) is 0 Å². The van der Waals surface area contributed by atoms with Crippen LogP contribution in [0.25, 0.3) is 11.4 Å². The fraction of sp³-hybridized carbons (Fsp3) is 0.111. The molecule has 0 saturated carbocycles. The minimum Gasteiger partial charge on any atom is -0.248 e. The van der Waals surface area contributed by atoms with Crippen molar-refractivity contribution in [2.45, 2.75) is 12.1 Å². The predicted molar refractivity (Wildman–Crippen MR) is 67.3 cm³/mol. The molecule has 0 spiro atoms. The maximum Gasteiger partial charge on any atom is 0.296 e. The quantitative estimate of drug-likeness (QED) is 0.855. The van der Waals surface area contributed by atoms with E-state index in [-0.39, 0.29) is 11.0 Å². The van der Waals surface area contributed by atoms with Crippen molar-refractivity contribution < 1.29 is 8.42 Å². The number of hydrogen-bond acceptors (Lipinski definition) is 4. The van der Waals surface area contributed by atoms with Crippen molar-refractivity contribution in [3.05, 3.63) is 28.2 Å². The minimum atomic E-state index is -3.88. The molecule has 0 aliphatic heterocycles. The molecule has 0 radical (unpaired) electrons. The highest BCUT2D eigenvalue weighted by Gasteiger charge is 2.16. The maximum absolute atomic E-state index is 11.0. The average Bonchev–Trinajstić information content (AvgIpc) is 2.63. The van der Waals surface area contributed by atoms with Crippen LogP contribution in [0.1, 0.15) is 5.56 Å². The van der Waals surface area contributed by atoms with Crippen LogP contribution in [-0.2, 0) is 9.05 Å². The number of nitrogens with one attached hydrogen (secondary N) is 1. The van der Waals surface area contributed by atoms with Gasteiger partial charge < -0.3 is 0 Å². The summed E-state index contributed by atoms with van der Waals surface area (Å²) < 4.78 is 22.9. The summed E-state index contributed by atoms with van der Waals surface area (Å²) in [5.41, 5.74) is 1.72. The highest BCUT2D eigenvalue weighted by molar-refractivity contribution is 9.10. The van der Waals surface area contributed by atoms with E-state index in [9.17, 15) is 8.42 Å². The maximum atomic E-state index is 11.0. The number of aromatic amines is 1. The lowest BCUT2D eigenvalue weighted by atomic mass is 10.1. The molecular formula is C9H7BrClN3O2S. The lowest BCUT2D eigenvalue weighted by Crippen LogP contribution is -1.92. The van der Waals surface area contributed by atoms with Gasteiger partial charge in [0.05, 0.1) is 0 Å². The van der Waals surface area contributed by atoms with Crippen molar-refractivity contribution in [1.29, 1.82) is 0 Å². The summed E-state index contributed by atoms with van der Waals surface area (Å²) in [7, 11) is 1.27. The molecule has 2 aromatic rings. The largest absolute Gasteiger partial charge is 0.296 e. The Labute approximate surface area is 111 Å². The number of rotatable bonds is 2. The zero-order chi connectivity index (χ0) is 12.6. The van der Waals surface area contributed by atoms with Crippen molar-refractivity contribution in [3.8, 4) is 11.4 Å². The first-order chi connectivity index (χ1) is 7.86. The molecule has 0 saturated heterocycles. The molecule has 0 aliphatic rings. The molecule has 1 N–H and O–H groups in total. The Balaban J connectivity index is 2.51. The number of halogens is 2. The van der Waals surface area contributed by atoms with Gasteiger partial charge in [-0.1, -0.05) is 15.9 Å². The van der Waals surface area contributed by atoms with Crippen LogP contribution in [-0.4, -0.2) is 23.6 Å². The number of aryl methyl sites for hydroxylation is 1. The summed E-state index contributed by atoms with van der Waals surface area (Å²) in [5.74, 6) is 0.286. The fourth-order valence-electron chi connectivity index (χ4n) is 1.35. The fourth-order valence-corrected chi connectivity index (χ4v) is 2.52. The van der Waals surface area contributed by atoms with Crippen LogP contribution < -0.4 is 0 Å². The Kier molecular flexibility index (Phi) is 3.24. The molecule has 0 fully saturated rings. The first kappa shape index (κ1) is 12.5. The standard InChI is InChI=1S/C9H7BrClN3O2S/c1-5-2-6(4-7(10)3-5)8-12-9(14-13-8)17(11,15)16/h2-4H,1H3,(H,12,13,14). The van der Waals surface area contributed by atoms with E-state index < -0.39 is 9.05 Å². The summed E-state index contributed by atoms with van der Waals surface area (Å²) in [5, 5.41) is 5.75. The van der Waals surface area contributed by atoms with Gasteiger partial charge in [0.2, 0.25) is 0 Å². The molecule has 1 heterocycles. The Morgan fingerprint density at radius 3 is 2.59 bits per heavy atom. The van der Waals surface area contributed by atoms with Crippen LogP contribution in [0.2, 0.25) is 0 Å². The van der Waals surface area contributed by atoms with E-state index >= 15 is 0 Å². The second kappa shape index (κ2) is 4.40. The molecule has 1 aromatic carbocycles. The van der Waals surface area contributed by atoms with Gasteiger partial charge in [-0.3, -0.25) is 0 Å². The molecule has 5 nitrogen and oxygen atoms in total. The Morgan fingerprint density at radius 1 is 1.35 bits per heavy atom. The van der Waals surface area contributed by atoms with Gasteiger partial charge in [-0.25, -0.2) is 13.5 Å². The first-order valence-corrected chi connectivity index (χ1v) is 7.61. The van der Waals surface area contributed by atoms with Gasteiger partial charge in [0.1, 0.15) is 0 Å². The van der Waals surface area contributed by atoms with E-state index in [4.69, 9.17) is 10.7 Å². The molecule has 0 atom stereocenters. The monoisotopic (exact) mass is 335 g/mol. The SMILES string of the molecule is Cc1cc(Br)cc(-c2n[nH]c(S(=O)(=O)Cl)n2)c1. The summed E-state index contributed by atoms with van der Waals surface area (Å²) in [4.78, 5) is 3.83. The second-order valence-electron chi connectivity index (χ2n) is 3.42. The normalized spacial score (nSPS) is 11.7. The summed E-state index contributed by atoms with van der Waals surface area (Å²) >= 11 is 3.35. The Hall–Kier alpha value is -0.920. The van der Waals surface area contributed by atoms with E-state index in [0.29, 0.717) is 5.56 Å². The van der Waals surface area contributed by atoms with Gasteiger partial charge in [-0.2, -0.15) is 10.1 Å². The van der Waals surface area contributed by atoms with E-state index in [0.717, 1.165) is 10.0 Å². The average molecular weight is 337 g/mol. The number of benzene rings is 1. The highest BCUT2D eigenvalue weighted by atomic mass is 79.9. The van der Waals surface area contributed by atoms with Crippen LogP contribution in [0.5, 0.6) is 0 Å². The predicted octanol–water partition coefficient (Wildman–Crippen LogP) is 2.47. The molecule has 0 amide bonds. The smallest absolute Gasteiger partial charge is 0.248 e. The van der Waals surface area contributed by atoms with Crippen LogP contribution in [0.4, 0.5) is 0 Å². The minimum absolute atomic E-state index is 0.286. The van der Waals surface area contributed by atoms with Crippen LogP contribution >= 0.6 is 26.6 Å². The molecule has 2 rings (SSSR count). The number of nitrogens with zero attached hydrogens (tertiary/aromatic N) is 2. The molecule has 17 heavy (non-hydrogen) atoms. The summed E-state index contributed by atoms with van der Waals surface area (Å²) in [6, 6.07) is 5.56. The lowest BCUT2D eigenvalue weighted by Gasteiger charge is -1.99. The second-order valence-corrected chi connectivity index (χ2v) is 6.82. The van der Waals surface area contributed by atoms with E-state index in [1.165, 1.54) is 0 Å². The van der Waals surface area contributed by atoms with Gasteiger partial charge in [0.25, 0.3) is 14.2 Å². The number of hydrogen-bond donors (Lipinski definition) is 1. The van der Waals surface area contributed by atoms with Crippen molar-refractivity contribution in [1.82, 2.24) is 15.2 Å². The third-order valence-corrected chi connectivity index (χ3v) is 3.54. The molecule has 0 aliphatic carbocycles. The van der Waals surface area contributed by atoms with Crippen LogP contribution in [0, 0.1) is 6.92 Å². The third kappa shape index (κ3) is 2.85. The highest BCUT2D eigenvalue weighted by Crippen LogP contribution is 2.23. The topological polar surface area (TPSA) is 75.7 Å². The van der Waals surface area contributed by atoms with E-state index in [2.05, 4.69) is 31.1 Å². The van der Waals surface area contributed by atoms with Crippen molar-refractivity contribution >= 4 is 35.7 Å². The number of H-pyrrole nitrogens is 1. The van der Waals surface area contributed by atoms with E-state index in [1.54, 1.807) is 6.07 Å². The van der Waals surface area contributed by atoms with Gasteiger partial charge in [-0.05, 0) is 30.7 Å². The van der Waals surface area contributed by atoms with Crippen LogP contribution in [0.3, 0.4) is 0 Å². The number of aromatic nitrogens is 3. The lowest BCUT2D eigenvalue weighted by molar-refractivity contribution is 0.602. The first-order valence-electron chi connectivity index (χ1n) is 4.51. The van der Waals surface area contributed by atoms with Gasteiger partial charge in [0.15, 0.2) is 5.82 Å². The van der Waals surface area contributed by atoms with Crippen LogP contribution in [0.15, 0.2) is 27.8 Å². The molecule has 1 aromatic heterocycles. The van der Waals surface area contributed by atoms with Crippen molar-refractivity contribution in [2.75, 3.05) is 0 Å². The molecular weight excluding hydrogens is 330 g/mol. The van der Waals surface area contributed by atoms with Gasteiger partial charge >= 0.3 is 0 Å². The molecule has 0 unspecified atom stereocenters. The Bertz CT molecular complexity index is 648. The third-order valence-electron chi connectivity index (χ3n) is 2.00.